The molecule has 224 valence electrons. The number of nitrogens with one attached hydrogen (secondary N) is 1. The molecular formula is C33H31F3N2O5. The maximum absolute atomic E-state index is 14.3. The van der Waals surface area contributed by atoms with Crippen LogP contribution in [-0.2, 0) is 11.0 Å². The molecule has 7 nitrogen and oxygen atoms in total. The maximum atomic E-state index is 14.3. The van der Waals surface area contributed by atoms with Crippen LogP contribution >= 0.6 is 0 Å². The molecule has 1 aliphatic carbocycles. The van der Waals surface area contributed by atoms with Crippen molar-refractivity contribution in [2.24, 2.45) is 0 Å². The summed E-state index contributed by atoms with van der Waals surface area (Å²) in [7, 11) is 4.33. The zero-order chi connectivity index (χ0) is 31.1. The monoisotopic (exact) mass is 592 g/mol. The number of carbonyl (C=O) groups is 1. The van der Waals surface area contributed by atoms with Crippen molar-refractivity contribution in [2.75, 3.05) is 26.2 Å². The fourth-order valence-electron chi connectivity index (χ4n) is 5.83. The minimum atomic E-state index is -4.73. The first-order valence-corrected chi connectivity index (χ1v) is 13.6. The normalized spacial score (nSPS) is 18.4. The summed E-state index contributed by atoms with van der Waals surface area (Å²) in [5.74, 6) is -1.13. The summed E-state index contributed by atoms with van der Waals surface area (Å²) in [4.78, 5) is 15.0. The predicted octanol–water partition coefficient (Wildman–Crippen LogP) is 7.60. The highest BCUT2D eigenvalue weighted by Gasteiger charge is 2.46. The van der Waals surface area contributed by atoms with Crippen LogP contribution in [0.3, 0.4) is 0 Å². The summed E-state index contributed by atoms with van der Waals surface area (Å²) < 4.78 is 59.5. The van der Waals surface area contributed by atoms with Gasteiger partial charge in [0.25, 0.3) is 0 Å². The van der Waals surface area contributed by atoms with E-state index in [1.54, 1.807) is 36.4 Å². The molecule has 0 spiro atoms. The first-order chi connectivity index (χ1) is 20.5. The van der Waals surface area contributed by atoms with Gasteiger partial charge < -0.3 is 19.3 Å². The average molecular weight is 593 g/mol. The van der Waals surface area contributed by atoms with Gasteiger partial charge in [-0.25, -0.2) is 0 Å². The number of carbonyl (C=O) groups excluding carboxylic acids is 1. The third-order valence-corrected chi connectivity index (χ3v) is 7.81. The SMILES string of the molecule is COc1cc(C2C(=C(O)c3ccc(C)cc3)C(=N)N(c3ccccc3C(F)(F)F)C3=C2C(=O)CCC3)cc(OC)c1OC. The van der Waals surface area contributed by atoms with E-state index in [-0.39, 0.29) is 64.2 Å². The van der Waals surface area contributed by atoms with Crippen molar-refractivity contribution in [1.82, 2.24) is 0 Å². The lowest BCUT2D eigenvalue weighted by Crippen LogP contribution is -2.43. The average Bonchev–Trinajstić information content (AvgIpc) is 2.99. The van der Waals surface area contributed by atoms with Crippen molar-refractivity contribution in [3.8, 4) is 17.2 Å². The van der Waals surface area contributed by atoms with E-state index in [9.17, 15) is 28.5 Å². The van der Waals surface area contributed by atoms with Crippen molar-refractivity contribution in [1.29, 1.82) is 5.41 Å². The summed E-state index contributed by atoms with van der Waals surface area (Å²) >= 11 is 0. The zero-order valence-corrected chi connectivity index (χ0v) is 24.1. The number of para-hydroxylation sites is 1. The van der Waals surface area contributed by atoms with Crippen molar-refractivity contribution in [2.45, 2.75) is 38.3 Å². The van der Waals surface area contributed by atoms with Gasteiger partial charge in [-0.1, -0.05) is 42.0 Å². The Morgan fingerprint density at radius 2 is 1.58 bits per heavy atom. The number of alkyl halides is 3. The van der Waals surface area contributed by atoms with Crippen LogP contribution in [0.5, 0.6) is 17.2 Å². The number of amidine groups is 1. The molecule has 2 aliphatic rings. The summed E-state index contributed by atoms with van der Waals surface area (Å²) in [5, 5.41) is 21.2. The van der Waals surface area contributed by atoms with Crippen LogP contribution in [0.4, 0.5) is 18.9 Å². The summed E-state index contributed by atoms with van der Waals surface area (Å²) in [6.07, 6.45) is -3.90. The second-order valence-electron chi connectivity index (χ2n) is 10.4. The number of ether oxygens (including phenoxy) is 3. The van der Waals surface area contributed by atoms with E-state index in [0.29, 0.717) is 23.3 Å². The molecule has 0 saturated carbocycles. The molecule has 0 radical (unpaired) electrons. The number of hydrogen-bond donors (Lipinski definition) is 2. The topological polar surface area (TPSA) is 92.1 Å². The second kappa shape index (κ2) is 11.5. The third-order valence-electron chi connectivity index (χ3n) is 7.81. The van der Waals surface area contributed by atoms with E-state index < -0.39 is 17.7 Å². The maximum Gasteiger partial charge on any atom is 0.418 e. The molecule has 0 fully saturated rings. The molecule has 0 saturated heterocycles. The van der Waals surface area contributed by atoms with E-state index in [1.807, 2.05) is 6.92 Å². The Hall–Kier alpha value is -4.73. The number of ketones is 1. The molecule has 5 rings (SSSR count). The lowest BCUT2D eigenvalue weighted by molar-refractivity contribution is -0.137. The van der Waals surface area contributed by atoms with Gasteiger partial charge >= 0.3 is 6.18 Å². The number of Topliss-reactive ketones (excluding diaryl/α,β-unsaturated/α-hetero) is 1. The van der Waals surface area contributed by atoms with Crippen LogP contribution < -0.4 is 19.1 Å². The molecule has 10 heteroatoms. The highest BCUT2D eigenvalue weighted by Crippen LogP contribution is 2.52. The molecule has 0 bridgehead atoms. The summed E-state index contributed by atoms with van der Waals surface area (Å²) in [6.45, 7) is 1.88. The van der Waals surface area contributed by atoms with Crippen molar-refractivity contribution < 1.29 is 37.3 Å². The van der Waals surface area contributed by atoms with E-state index in [4.69, 9.17) is 14.2 Å². The summed E-state index contributed by atoms with van der Waals surface area (Å²) in [6, 6.07) is 15.1. The number of anilines is 1. The number of aryl methyl sites for hydroxylation is 1. The number of nitrogens with zero attached hydrogens (tertiary/aromatic N) is 1. The van der Waals surface area contributed by atoms with Crippen LogP contribution in [0.1, 0.15) is 47.4 Å². The quantitative estimate of drug-likeness (QED) is 0.287. The largest absolute Gasteiger partial charge is 0.507 e. The number of rotatable bonds is 6. The first-order valence-electron chi connectivity index (χ1n) is 13.6. The molecule has 1 aliphatic heterocycles. The highest BCUT2D eigenvalue weighted by molar-refractivity contribution is 6.20. The van der Waals surface area contributed by atoms with Crippen LogP contribution in [-0.4, -0.2) is 38.1 Å². The minimum absolute atomic E-state index is 0.0240. The first kappa shape index (κ1) is 29.8. The van der Waals surface area contributed by atoms with Gasteiger partial charge in [0.1, 0.15) is 11.6 Å². The van der Waals surface area contributed by atoms with Crippen molar-refractivity contribution in [3.05, 3.63) is 99.8 Å². The predicted molar refractivity (Wildman–Crippen MR) is 157 cm³/mol. The molecule has 43 heavy (non-hydrogen) atoms. The Morgan fingerprint density at radius 3 is 2.16 bits per heavy atom. The number of aliphatic hydroxyl groups excluding tert-OH is 1. The number of allylic oxidation sites excluding steroid dienone is 2. The smallest absolute Gasteiger partial charge is 0.418 e. The summed E-state index contributed by atoms with van der Waals surface area (Å²) in [5.41, 5.74) is 0.946. The van der Waals surface area contributed by atoms with Gasteiger partial charge in [-0.15, -0.1) is 0 Å². The molecule has 2 N–H and O–H groups in total. The second-order valence-corrected chi connectivity index (χ2v) is 10.4. The molecule has 3 aromatic rings. The lowest BCUT2D eigenvalue weighted by atomic mass is 9.73. The van der Waals surface area contributed by atoms with Crippen LogP contribution in [0.25, 0.3) is 5.76 Å². The van der Waals surface area contributed by atoms with E-state index in [2.05, 4.69) is 0 Å². The lowest BCUT2D eigenvalue weighted by Gasteiger charge is -2.42. The Morgan fingerprint density at radius 1 is 0.953 bits per heavy atom. The molecule has 0 aromatic heterocycles. The Kier molecular flexibility index (Phi) is 7.96. The molecule has 3 aromatic carbocycles. The molecule has 1 heterocycles. The Labute approximate surface area is 247 Å². The third kappa shape index (κ3) is 5.22. The number of aliphatic hydroxyl groups is 1. The fourth-order valence-corrected chi connectivity index (χ4v) is 5.83. The van der Waals surface area contributed by atoms with Gasteiger partial charge in [0.2, 0.25) is 5.75 Å². The fraction of sp³-hybridized carbons (Fsp3) is 0.273. The number of benzene rings is 3. The number of hydrogen-bond acceptors (Lipinski definition) is 6. The molecular weight excluding hydrogens is 561 g/mol. The highest BCUT2D eigenvalue weighted by atomic mass is 19.4. The molecule has 1 atom stereocenters. The number of halogens is 3. The van der Waals surface area contributed by atoms with Gasteiger partial charge in [-0.3, -0.25) is 15.1 Å². The molecule has 0 amide bonds. The van der Waals surface area contributed by atoms with Crippen molar-refractivity contribution >= 4 is 23.1 Å². The van der Waals surface area contributed by atoms with E-state index >= 15 is 0 Å². The Balaban J connectivity index is 1.90. The van der Waals surface area contributed by atoms with Gasteiger partial charge in [-0.2, -0.15) is 13.2 Å². The van der Waals surface area contributed by atoms with Crippen molar-refractivity contribution in [3.63, 3.8) is 0 Å². The number of methoxy groups -OCH3 is 3. The van der Waals surface area contributed by atoms with Crippen LogP contribution in [0.15, 0.2) is 77.5 Å². The van der Waals surface area contributed by atoms with E-state index in [1.165, 1.54) is 44.4 Å². The standard InChI is InChI=1S/C33H31F3N2O5/c1-18-12-14-19(15-13-18)30(40)29-27(20-16-25(41-2)31(43-4)26(17-20)42-3)28-23(10-7-11-24(28)39)38(32(29)37)22-9-6-5-8-21(22)33(34,35)36/h5-6,8-9,12-17,27,37,40H,7,10-11H2,1-4H3. The van der Waals surface area contributed by atoms with E-state index in [0.717, 1.165) is 11.6 Å². The van der Waals surface area contributed by atoms with Gasteiger partial charge in [0, 0.05) is 34.7 Å². The van der Waals surface area contributed by atoms with Crippen LogP contribution in [0, 0.1) is 12.3 Å². The zero-order valence-electron chi connectivity index (χ0n) is 24.1. The molecule has 1 unspecified atom stereocenters. The van der Waals surface area contributed by atoms with Gasteiger partial charge in [0.15, 0.2) is 17.3 Å². The Bertz CT molecular complexity index is 1630. The van der Waals surface area contributed by atoms with Gasteiger partial charge in [0.05, 0.1) is 32.6 Å². The minimum Gasteiger partial charge on any atom is -0.507 e. The van der Waals surface area contributed by atoms with Crippen LogP contribution in [0.2, 0.25) is 0 Å². The van der Waals surface area contributed by atoms with Gasteiger partial charge in [-0.05, 0) is 49.6 Å².